The summed E-state index contributed by atoms with van der Waals surface area (Å²) in [5.74, 6) is -1.00. The van der Waals surface area contributed by atoms with Gasteiger partial charge >= 0.3 is 5.97 Å². The molecule has 1 rings (SSSR count). The van der Waals surface area contributed by atoms with Gasteiger partial charge in [0.05, 0.1) is 13.1 Å². The summed E-state index contributed by atoms with van der Waals surface area (Å²) in [5, 5.41) is 8.58. The van der Waals surface area contributed by atoms with Crippen molar-refractivity contribution in [1.29, 1.82) is 0 Å². The fourth-order valence-corrected chi connectivity index (χ4v) is 1.81. The van der Waals surface area contributed by atoms with Crippen molar-refractivity contribution in [2.24, 2.45) is 0 Å². The third kappa shape index (κ3) is 4.58. The van der Waals surface area contributed by atoms with Crippen molar-refractivity contribution in [3.8, 4) is 0 Å². The van der Waals surface area contributed by atoms with Crippen LogP contribution in [0.25, 0.3) is 0 Å². The second kappa shape index (κ2) is 6.42. The van der Waals surface area contributed by atoms with E-state index in [0.717, 1.165) is 4.90 Å². The maximum atomic E-state index is 11.8. The minimum atomic E-state index is -0.932. The van der Waals surface area contributed by atoms with Gasteiger partial charge < -0.3 is 5.11 Å². The van der Waals surface area contributed by atoms with Crippen LogP contribution in [0.4, 0.5) is 0 Å². The average molecular weight is 253 g/mol. The minimum Gasteiger partial charge on any atom is -0.480 e. The first kappa shape index (κ1) is 13.7. The molecular formula is C12H15NO3S. The molecule has 0 bridgehead atoms. The molecule has 0 aliphatic rings. The summed E-state index contributed by atoms with van der Waals surface area (Å²) < 4.78 is 0. The number of rotatable bonds is 6. The number of thioether (sulfide) groups is 1. The number of carbonyl (C=O) groups excluding carboxylic acids is 1. The molecule has 0 aliphatic carbocycles. The first-order chi connectivity index (χ1) is 8.02. The van der Waals surface area contributed by atoms with E-state index in [9.17, 15) is 9.59 Å². The maximum Gasteiger partial charge on any atom is 0.317 e. The Labute approximate surface area is 105 Å². The summed E-state index contributed by atoms with van der Waals surface area (Å²) in [4.78, 5) is 24.8. The van der Waals surface area contributed by atoms with Gasteiger partial charge in [0.25, 0.3) is 0 Å². The van der Waals surface area contributed by atoms with Crippen LogP contribution < -0.4 is 0 Å². The highest BCUT2D eigenvalue weighted by atomic mass is 32.2. The topological polar surface area (TPSA) is 57.6 Å². The number of carboxylic acid groups (broad SMARTS) is 1. The molecule has 4 nitrogen and oxygen atoms in total. The van der Waals surface area contributed by atoms with E-state index in [4.69, 9.17) is 5.11 Å². The van der Waals surface area contributed by atoms with Crippen molar-refractivity contribution in [3.63, 3.8) is 0 Å². The Bertz CT molecular complexity index is 403. The third-order valence-corrected chi connectivity index (χ3v) is 2.97. The SMILES string of the molecule is CSc1ccc(C(=O)CN(C)CC(=O)O)cc1. The van der Waals surface area contributed by atoms with Crippen molar-refractivity contribution < 1.29 is 14.7 Å². The number of benzene rings is 1. The van der Waals surface area contributed by atoms with E-state index in [2.05, 4.69) is 0 Å². The molecule has 0 saturated carbocycles. The minimum absolute atomic E-state index is 0.0681. The molecule has 1 N–H and O–H groups in total. The number of ketones is 1. The lowest BCUT2D eigenvalue weighted by atomic mass is 10.1. The molecule has 0 spiro atoms. The highest BCUT2D eigenvalue weighted by Gasteiger charge is 2.11. The monoisotopic (exact) mass is 253 g/mol. The Morgan fingerprint density at radius 1 is 1.24 bits per heavy atom. The van der Waals surface area contributed by atoms with E-state index in [-0.39, 0.29) is 18.9 Å². The van der Waals surface area contributed by atoms with E-state index in [0.29, 0.717) is 5.56 Å². The molecule has 0 aromatic heterocycles. The zero-order valence-electron chi connectivity index (χ0n) is 9.84. The predicted octanol–water partition coefficient (Wildman–Crippen LogP) is 1.61. The number of hydrogen-bond acceptors (Lipinski definition) is 4. The van der Waals surface area contributed by atoms with E-state index < -0.39 is 5.97 Å². The van der Waals surface area contributed by atoms with Crippen LogP contribution in [0.1, 0.15) is 10.4 Å². The van der Waals surface area contributed by atoms with Gasteiger partial charge in [-0.25, -0.2) is 0 Å². The summed E-state index contributed by atoms with van der Waals surface area (Å²) in [5.41, 5.74) is 0.611. The smallest absolute Gasteiger partial charge is 0.317 e. The van der Waals surface area contributed by atoms with Crippen LogP contribution in [0.15, 0.2) is 29.2 Å². The normalized spacial score (nSPS) is 10.5. The lowest BCUT2D eigenvalue weighted by Gasteiger charge is -2.12. The molecule has 0 saturated heterocycles. The van der Waals surface area contributed by atoms with Crippen LogP contribution in [0, 0.1) is 0 Å². The summed E-state index contributed by atoms with van der Waals surface area (Å²) in [6.07, 6.45) is 1.97. The second-order valence-corrected chi connectivity index (χ2v) is 4.60. The Hall–Kier alpha value is -1.33. The first-order valence-corrected chi connectivity index (χ1v) is 6.33. The molecule has 1 aromatic rings. The number of aliphatic carboxylic acids is 1. The molecule has 0 radical (unpaired) electrons. The summed E-state index contributed by atoms with van der Waals surface area (Å²) in [6, 6.07) is 7.30. The molecule has 0 unspecified atom stereocenters. The maximum absolute atomic E-state index is 11.8. The molecule has 0 fully saturated rings. The number of nitrogens with zero attached hydrogens (tertiary/aromatic N) is 1. The zero-order chi connectivity index (χ0) is 12.8. The largest absolute Gasteiger partial charge is 0.480 e. The predicted molar refractivity (Wildman–Crippen MR) is 67.7 cm³/mol. The van der Waals surface area contributed by atoms with E-state index in [1.165, 1.54) is 4.90 Å². The van der Waals surface area contributed by atoms with Gasteiger partial charge in [-0.3, -0.25) is 14.5 Å². The molecule has 0 amide bonds. The van der Waals surface area contributed by atoms with Gasteiger partial charge in [-0.2, -0.15) is 0 Å². The number of carbonyl (C=O) groups is 2. The van der Waals surface area contributed by atoms with Crippen molar-refractivity contribution in [2.45, 2.75) is 4.90 Å². The van der Waals surface area contributed by atoms with E-state index >= 15 is 0 Å². The van der Waals surface area contributed by atoms with E-state index in [1.807, 2.05) is 18.4 Å². The standard InChI is InChI=1S/C12H15NO3S/c1-13(8-12(15)16)7-11(14)9-3-5-10(17-2)6-4-9/h3-6H,7-8H2,1-2H3,(H,15,16). The third-order valence-electron chi connectivity index (χ3n) is 2.23. The van der Waals surface area contributed by atoms with Crippen LogP contribution in [0.2, 0.25) is 0 Å². The lowest BCUT2D eigenvalue weighted by Crippen LogP contribution is -2.30. The molecule has 92 valence electrons. The molecule has 0 atom stereocenters. The lowest BCUT2D eigenvalue weighted by molar-refractivity contribution is -0.137. The summed E-state index contributed by atoms with van der Waals surface area (Å²) in [7, 11) is 1.61. The number of hydrogen-bond donors (Lipinski definition) is 1. The first-order valence-electron chi connectivity index (χ1n) is 5.10. The second-order valence-electron chi connectivity index (χ2n) is 3.72. The van der Waals surface area contributed by atoms with Gasteiger partial charge in [-0.15, -0.1) is 11.8 Å². The Morgan fingerprint density at radius 2 is 1.82 bits per heavy atom. The van der Waals surface area contributed by atoms with Crippen LogP contribution >= 0.6 is 11.8 Å². The molecule has 17 heavy (non-hydrogen) atoms. The fraction of sp³-hybridized carbons (Fsp3) is 0.333. The van der Waals surface area contributed by atoms with Crippen molar-refractivity contribution in [1.82, 2.24) is 4.90 Å². The number of carboxylic acids is 1. The van der Waals surface area contributed by atoms with Gasteiger partial charge in [0.1, 0.15) is 0 Å². The Kier molecular flexibility index (Phi) is 5.18. The molecular weight excluding hydrogens is 238 g/mol. The quantitative estimate of drug-likeness (QED) is 0.616. The van der Waals surface area contributed by atoms with Gasteiger partial charge in [-0.1, -0.05) is 12.1 Å². The molecule has 5 heteroatoms. The van der Waals surface area contributed by atoms with Gasteiger partial charge in [0, 0.05) is 10.5 Å². The molecule has 1 aromatic carbocycles. The highest BCUT2D eigenvalue weighted by molar-refractivity contribution is 7.98. The summed E-state index contributed by atoms with van der Waals surface area (Å²) >= 11 is 1.61. The van der Waals surface area contributed by atoms with Crippen LogP contribution in [-0.4, -0.2) is 48.2 Å². The van der Waals surface area contributed by atoms with Gasteiger partial charge in [-0.05, 0) is 25.4 Å². The fourth-order valence-electron chi connectivity index (χ4n) is 1.40. The van der Waals surface area contributed by atoms with Gasteiger partial charge in [0.2, 0.25) is 0 Å². The molecule has 0 aliphatic heterocycles. The number of likely N-dealkylation sites (N-methyl/N-ethyl adjacent to an activating group) is 1. The zero-order valence-corrected chi connectivity index (χ0v) is 10.7. The van der Waals surface area contributed by atoms with E-state index in [1.54, 1.807) is 30.9 Å². The van der Waals surface area contributed by atoms with Gasteiger partial charge in [0.15, 0.2) is 5.78 Å². The molecule has 0 heterocycles. The number of Topliss-reactive ketones (excluding diaryl/α,β-unsaturated/α-hetero) is 1. The average Bonchev–Trinajstić information content (AvgIpc) is 2.28. The van der Waals surface area contributed by atoms with Crippen LogP contribution in [0.5, 0.6) is 0 Å². The Morgan fingerprint density at radius 3 is 2.29 bits per heavy atom. The van der Waals surface area contributed by atoms with Crippen molar-refractivity contribution >= 4 is 23.5 Å². The Balaban J connectivity index is 2.60. The highest BCUT2D eigenvalue weighted by Crippen LogP contribution is 2.15. The van der Waals surface area contributed by atoms with Crippen molar-refractivity contribution in [3.05, 3.63) is 29.8 Å². The van der Waals surface area contributed by atoms with Crippen molar-refractivity contribution in [2.75, 3.05) is 26.4 Å². The summed E-state index contributed by atoms with van der Waals surface area (Å²) in [6.45, 7) is -0.0143. The van der Waals surface area contributed by atoms with Crippen LogP contribution in [0.3, 0.4) is 0 Å². The van der Waals surface area contributed by atoms with Crippen LogP contribution in [-0.2, 0) is 4.79 Å².